The van der Waals surface area contributed by atoms with E-state index in [1.54, 1.807) is 36.5 Å². The Balaban J connectivity index is 1.87. The van der Waals surface area contributed by atoms with Gasteiger partial charge < -0.3 is 25.4 Å². The SMILES string of the molecule is COc1cc(Cc2cnc(N)nc2N)c2cc(C(=O)c3ccccc3)oc2c1OC. The number of aromatic nitrogens is 2. The Labute approximate surface area is 172 Å². The van der Waals surface area contributed by atoms with Gasteiger partial charge in [0.15, 0.2) is 17.1 Å². The number of hydrogen-bond donors (Lipinski definition) is 2. The zero-order valence-electron chi connectivity index (χ0n) is 16.5. The van der Waals surface area contributed by atoms with Crippen LogP contribution in [-0.2, 0) is 6.42 Å². The van der Waals surface area contributed by atoms with Crippen molar-refractivity contribution in [2.24, 2.45) is 0 Å². The summed E-state index contributed by atoms with van der Waals surface area (Å²) in [5.41, 5.74) is 14.1. The summed E-state index contributed by atoms with van der Waals surface area (Å²) >= 11 is 0. The molecule has 0 atom stereocenters. The smallest absolute Gasteiger partial charge is 0.228 e. The van der Waals surface area contributed by atoms with E-state index >= 15 is 0 Å². The molecule has 0 aliphatic rings. The van der Waals surface area contributed by atoms with Crippen LogP contribution < -0.4 is 20.9 Å². The highest BCUT2D eigenvalue weighted by molar-refractivity contribution is 6.09. The molecule has 4 rings (SSSR count). The van der Waals surface area contributed by atoms with Crippen LogP contribution >= 0.6 is 0 Å². The van der Waals surface area contributed by atoms with Gasteiger partial charge in [0.1, 0.15) is 5.82 Å². The fraction of sp³-hybridized carbons (Fsp3) is 0.136. The van der Waals surface area contributed by atoms with E-state index in [0.29, 0.717) is 40.0 Å². The van der Waals surface area contributed by atoms with Crippen molar-refractivity contribution in [1.82, 2.24) is 9.97 Å². The molecule has 0 saturated carbocycles. The Hall–Kier alpha value is -4.07. The van der Waals surface area contributed by atoms with Gasteiger partial charge in [-0.25, -0.2) is 4.98 Å². The third-order valence-electron chi connectivity index (χ3n) is 4.79. The first-order valence-electron chi connectivity index (χ1n) is 9.15. The molecule has 4 aromatic rings. The van der Waals surface area contributed by atoms with Gasteiger partial charge in [0, 0.05) is 29.1 Å². The van der Waals surface area contributed by atoms with Crippen LogP contribution in [0.5, 0.6) is 11.5 Å². The maximum atomic E-state index is 12.9. The van der Waals surface area contributed by atoms with Crippen LogP contribution in [0.25, 0.3) is 11.0 Å². The van der Waals surface area contributed by atoms with Crippen LogP contribution in [0, 0.1) is 0 Å². The van der Waals surface area contributed by atoms with E-state index in [0.717, 1.165) is 5.56 Å². The van der Waals surface area contributed by atoms with Crippen molar-refractivity contribution >= 4 is 28.5 Å². The Morgan fingerprint density at radius 3 is 2.50 bits per heavy atom. The van der Waals surface area contributed by atoms with Crippen LogP contribution in [0.3, 0.4) is 0 Å². The molecule has 2 aromatic carbocycles. The first-order chi connectivity index (χ1) is 14.5. The van der Waals surface area contributed by atoms with Gasteiger partial charge in [-0.05, 0) is 17.7 Å². The number of benzene rings is 2. The van der Waals surface area contributed by atoms with E-state index in [4.69, 9.17) is 25.4 Å². The highest BCUT2D eigenvalue weighted by atomic mass is 16.5. The maximum absolute atomic E-state index is 12.9. The summed E-state index contributed by atoms with van der Waals surface area (Å²) < 4.78 is 16.9. The van der Waals surface area contributed by atoms with Gasteiger partial charge in [-0.1, -0.05) is 30.3 Å². The van der Waals surface area contributed by atoms with Gasteiger partial charge in [0.2, 0.25) is 17.5 Å². The Kier molecular flexibility index (Phi) is 4.97. The second kappa shape index (κ2) is 7.75. The fourth-order valence-corrected chi connectivity index (χ4v) is 3.32. The zero-order chi connectivity index (χ0) is 21.3. The third kappa shape index (κ3) is 3.39. The van der Waals surface area contributed by atoms with Crippen molar-refractivity contribution < 1.29 is 18.7 Å². The fourth-order valence-electron chi connectivity index (χ4n) is 3.32. The van der Waals surface area contributed by atoms with Crippen LogP contribution in [0.4, 0.5) is 11.8 Å². The number of hydrogen-bond acceptors (Lipinski definition) is 8. The summed E-state index contributed by atoms with van der Waals surface area (Å²) in [5, 5.41) is 0.711. The third-order valence-corrected chi connectivity index (χ3v) is 4.79. The highest BCUT2D eigenvalue weighted by Crippen LogP contribution is 2.41. The number of fused-ring (bicyclic) bond motifs is 1. The quantitative estimate of drug-likeness (QED) is 0.469. The van der Waals surface area contributed by atoms with E-state index in [-0.39, 0.29) is 23.3 Å². The molecule has 2 aromatic heterocycles. The Morgan fingerprint density at radius 1 is 1.07 bits per heavy atom. The van der Waals surface area contributed by atoms with Crippen LogP contribution in [0.1, 0.15) is 27.2 Å². The number of carbonyl (C=O) groups excluding carboxylic acids is 1. The van der Waals surface area contributed by atoms with Gasteiger partial charge in [0.05, 0.1) is 14.2 Å². The van der Waals surface area contributed by atoms with E-state index in [1.807, 2.05) is 12.1 Å². The molecule has 30 heavy (non-hydrogen) atoms. The first-order valence-corrected chi connectivity index (χ1v) is 9.15. The van der Waals surface area contributed by atoms with Crippen molar-refractivity contribution in [1.29, 1.82) is 0 Å². The molecule has 0 unspecified atom stereocenters. The molecule has 8 nitrogen and oxygen atoms in total. The number of rotatable bonds is 6. The molecule has 0 aliphatic heterocycles. The van der Waals surface area contributed by atoms with Crippen LogP contribution in [-0.4, -0.2) is 30.0 Å². The number of nitrogens with two attached hydrogens (primary N) is 2. The summed E-state index contributed by atoms with van der Waals surface area (Å²) in [6.07, 6.45) is 1.97. The van der Waals surface area contributed by atoms with Gasteiger partial charge in [-0.2, -0.15) is 4.98 Å². The normalized spacial score (nSPS) is 10.9. The lowest BCUT2D eigenvalue weighted by molar-refractivity contribution is 0.101. The predicted molar refractivity (Wildman–Crippen MR) is 113 cm³/mol. The number of anilines is 2. The van der Waals surface area contributed by atoms with E-state index < -0.39 is 0 Å². The average molecular weight is 404 g/mol. The van der Waals surface area contributed by atoms with E-state index in [1.165, 1.54) is 14.2 Å². The number of nitrogens with zero attached hydrogens (tertiary/aromatic N) is 2. The predicted octanol–water partition coefficient (Wildman–Crippen LogP) is 3.23. The number of methoxy groups -OCH3 is 2. The van der Waals surface area contributed by atoms with Gasteiger partial charge >= 0.3 is 0 Å². The second-order valence-corrected chi connectivity index (χ2v) is 6.64. The number of nitrogen functional groups attached to an aromatic ring is 2. The molecular formula is C22H20N4O4. The number of carbonyl (C=O) groups is 1. The standard InChI is InChI=1S/C22H20N4O4/c1-28-17-9-13(8-14-11-25-22(24)26-21(14)23)15-10-16(30-19(15)20(17)29-2)18(27)12-6-4-3-5-7-12/h3-7,9-11H,8H2,1-2H3,(H4,23,24,25,26). The maximum Gasteiger partial charge on any atom is 0.228 e. The zero-order valence-corrected chi connectivity index (χ0v) is 16.5. The summed E-state index contributed by atoms with van der Waals surface area (Å²) in [7, 11) is 3.05. The minimum atomic E-state index is -0.228. The molecule has 0 fully saturated rings. The monoisotopic (exact) mass is 404 g/mol. The van der Waals surface area contributed by atoms with Gasteiger partial charge in [0.25, 0.3) is 0 Å². The lowest BCUT2D eigenvalue weighted by atomic mass is 10.0. The molecule has 0 bridgehead atoms. The van der Waals surface area contributed by atoms with Crippen molar-refractivity contribution in [3.63, 3.8) is 0 Å². The van der Waals surface area contributed by atoms with Crippen molar-refractivity contribution in [2.45, 2.75) is 6.42 Å². The molecule has 0 amide bonds. The molecule has 0 radical (unpaired) electrons. The molecule has 0 aliphatic carbocycles. The number of ketones is 1. The first kappa shape index (κ1) is 19.3. The Bertz CT molecular complexity index is 1240. The average Bonchev–Trinajstić information content (AvgIpc) is 3.21. The molecule has 152 valence electrons. The van der Waals surface area contributed by atoms with E-state index in [9.17, 15) is 4.79 Å². The lowest BCUT2D eigenvalue weighted by Crippen LogP contribution is -2.04. The lowest BCUT2D eigenvalue weighted by Gasteiger charge is -2.12. The summed E-state index contributed by atoms with van der Waals surface area (Å²) in [5.74, 6) is 1.25. The van der Waals surface area contributed by atoms with Crippen molar-refractivity contribution in [3.8, 4) is 11.5 Å². The topological polar surface area (TPSA) is 126 Å². The van der Waals surface area contributed by atoms with Crippen molar-refractivity contribution in [3.05, 3.63) is 71.1 Å². The van der Waals surface area contributed by atoms with E-state index in [2.05, 4.69) is 9.97 Å². The molecule has 0 saturated heterocycles. The van der Waals surface area contributed by atoms with Gasteiger partial charge in [-0.15, -0.1) is 0 Å². The summed E-state index contributed by atoms with van der Waals surface area (Å²) in [4.78, 5) is 20.9. The molecule has 4 N–H and O–H groups in total. The van der Waals surface area contributed by atoms with Crippen LogP contribution in [0.2, 0.25) is 0 Å². The number of furan rings is 1. The van der Waals surface area contributed by atoms with Crippen molar-refractivity contribution in [2.75, 3.05) is 25.7 Å². The summed E-state index contributed by atoms with van der Waals surface area (Å²) in [6, 6.07) is 12.4. The highest BCUT2D eigenvalue weighted by Gasteiger charge is 2.22. The molecular weight excluding hydrogens is 384 g/mol. The Morgan fingerprint density at radius 2 is 1.83 bits per heavy atom. The van der Waals surface area contributed by atoms with Gasteiger partial charge in [-0.3, -0.25) is 4.79 Å². The summed E-state index contributed by atoms with van der Waals surface area (Å²) in [6.45, 7) is 0. The minimum absolute atomic E-state index is 0.104. The molecule has 8 heteroatoms. The molecule has 2 heterocycles. The largest absolute Gasteiger partial charge is 0.493 e. The molecule has 0 spiro atoms. The van der Waals surface area contributed by atoms with Crippen LogP contribution in [0.15, 0.2) is 53.1 Å². The second-order valence-electron chi connectivity index (χ2n) is 6.64. The number of ether oxygens (including phenoxy) is 2. The minimum Gasteiger partial charge on any atom is -0.493 e.